The van der Waals surface area contributed by atoms with Gasteiger partial charge < -0.3 is 25.2 Å². The number of benzene rings is 2. The molecule has 32 heavy (non-hydrogen) atoms. The fourth-order valence-electron chi connectivity index (χ4n) is 3.18. The number of hydrogen-bond acceptors (Lipinski definition) is 5. The molecule has 8 nitrogen and oxygen atoms in total. The second-order valence-electron chi connectivity index (χ2n) is 6.96. The lowest BCUT2D eigenvalue weighted by atomic mass is 10.1. The Morgan fingerprint density at radius 1 is 1.16 bits per heavy atom. The quantitative estimate of drug-likeness (QED) is 0.223. The number of phenolic OH excluding ortho intramolecular Hbond substituents is 1. The zero-order valence-corrected chi connectivity index (χ0v) is 21.0. The maximum absolute atomic E-state index is 10.1. The molecule has 3 N–H and O–H groups in total. The van der Waals surface area contributed by atoms with E-state index in [1.165, 1.54) is 14.2 Å². The first-order valence-corrected chi connectivity index (χ1v) is 10.1. The molecule has 0 fully saturated rings. The first-order valence-electron chi connectivity index (χ1n) is 10.1. The van der Waals surface area contributed by atoms with Crippen LogP contribution in [0, 0.1) is 0 Å². The van der Waals surface area contributed by atoms with Gasteiger partial charge in [-0.3, -0.25) is 0 Å². The molecule has 2 aromatic carbocycles. The summed E-state index contributed by atoms with van der Waals surface area (Å²) in [6.45, 7) is 5.23. The van der Waals surface area contributed by atoms with Crippen molar-refractivity contribution < 1.29 is 14.6 Å². The predicted molar refractivity (Wildman–Crippen MR) is 137 cm³/mol. The fraction of sp³-hybridized carbons (Fsp3) is 0.304. The summed E-state index contributed by atoms with van der Waals surface area (Å²) in [6, 6.07) is 13.6. The van der Waals surface area contributed by atoms with Crippen LogP contribution in [-0.4, -0.2) is 41.6 Å². The molecule has 0 saturated heterocycles. The SMILES string of the molecule is CCNC(=NCc1cc(OC)c(O)c(OC)c1)NC(C)c1cccc(-n2cccn2)c1.I. The van der Waals surface area contributed by atoms with Crippen LogP contribution in [0.4, 0.5) is 0 Å². The van der Waals surface area contributed by atoms with Gasteiger partial charge in [0.2, 0.25) is 5.75 Å². The van der Waals surface area contributed by atoms with Crippen molar-refractivity contribution in [1.29, 1.82) is 0 Å². The summed E-state index contributed by atoms with van der Waals surface area (Å²) in [5, 5.41) is 21.1. The van der Waals surface area contributed by atoms with Crippen LogP contribution < -0.4 is 20.1 Å². The Labute approximate surface area is 205 Å². The number of guanidine groups is 1. The summed E-state index contributed by atoms with van der Waals surface area (Å²) in [7, 11) is 3.01. The lowest BCUT2D eigenvalue weighted by Crippen LogP contribution is -2.38. The molecule has 1 aromatic heterocycles. The molecular weight excluding hydrogens is 521 g/mol. The fourth-order valence-corrected chi connectivity index (χ4v) is 3.18. The molecular formula is C23H30IN5O3. The average molecular weight is 551 g/mol. The average Bonchev–Trinajstić information content (AvgIpc) is 3.33. The summed E-state index contributed by atoms with van der Waals surface area (Å²) >= 11 is 0. The number of rotatable bonds is 8. The molecule has 0 radical (unpaired) electrons. The zero-order valence-electron chi connectivity index (χ0n) is 18.7. The molecule has 0 aliphatic carbocycles. The summed E-state index contributed by atoms with van der Waals surface area (Å²) in [4.78, 5) is 4.69. The van der Waals surface area contributed by atoms with Crippen LogP contribution in [0.15, 0.2) is 59.9 Å². The van der Waals surface area contributed by atoms with Gasteiger partial charge in [-0.1, -0.05) is 12.1 Å². The van der Waals surface area contributed by atoms with Gasteiger partial charge in [0.05, 0.1) is 32.5 Å². The van der Waals surface area contributed by atoms with E-state index in [0.29, 0.717) is 24.0 Å². The molecule has 3 rings (SSSR count). The van der Waals surface area contributed by atoms with Gasteiger partial charge >= 0.3 is 0 Å². The van der Waals surface area contributed by atoms with Gasteiger partial charge in [-0.25, -0.2) is 9.67 Å². The number of methoxy groups -OCH3 is 2. The van der Waals surface area contributed by atoms with Gasteiger partial charge in [-0.15, -0.1) is 24.0 Å². The number of aromatic hydroxyl groups is 1. The molecule has 9 heteroatoms. The maximum Gasteiger partial charge on any atom is 0.200 e. The molecule has 172 valence electrons. The van der Waals surface area contributed by atoms with Gasteiger partial charge in [0, 0.05) is 18.9 Å². The lowest BCUT2D eigenvalue weighted by molar-refractivity contribution is 0.339. The Morgan fingerprint density at radius 3 is 2.47 bits per heavy atom. The van der Waals surface area contributed by atoms with Gasteiger partial charge in [0.1, 0.15) is 0 Å². The monoisotopic (exact) mass is 551 g/mol. The first kappa shape index (κ1) is 25.3. The Bertz CT molecular complexity index is 999. The van der Waals surface area contributed by atoms with E-state index in [4.69, 9.17) is 9.47 Å². The van der Waals surface area contributed by atoms with Gasteiger partial charge in [0.25, 0.3) is 0 Å². The lowest BCUT2D eigenvalue weighted by Gasteiger charge is -2.19. The second kappa shape index (κ2) is 12.2. The van der Waals surface area contributed by atoms with E-state index in [2.05, 4.69) is 39.8 Å². The highest BCUT2D eigenvalue weighted by Crippen LogP contribution is 2.37. The minimum atomic E-state index is -0.0200. The van der Waals surface area contributed by atoms with Crippen LogP contribution in [-0.2, 0) is 6.54 Å². The molecule has 0 amide bonds. The summed E-state index contributed by atoms with van der Waals surface area (Å²) in [6.07, 6.45) is 3.68. The van der Waals surface area contributed by atoms with Crippen molar-refractivity contribution in [3.63, 3.8) is 0 Å². The minimum absolute atomic E-state index is 0. The van der Waals surface area contributed by atoms with E-state index in [1.807, 2.05) is 36.0 Å². The van der Waals surface area contributed by atoms with E-state index in [-0.39, 0.29) is 35.8 Å². The highest BCUT2D eigenvalue weighted by Gasteiger charge is 2.12. The Balaban J connectivity index is 0.00000363. The van der Waals surface area contributed by atoms with Crippen molar-refractivity contribution in [2.75, 3.05) is 20.8 Å². The third kappa shape index (κ3) is 6.28. The van der Waals surface area contributed by atoms with E-state index in [0.717, 1.165) is 23.4 Å². The van der Waals surface area contributed by atoms with Crippen molar-refractivity contribution in [1.82, 2.24) is 20.4 Å². The van der Waals surface area contributed by atoms with Crippen molar-refractivity contribution in [3.05, 3.63) is 66.0 Å². The van der Waals surface area contributed by atoms with Gasteiger partial charge in [-0.05, 0) is 55.3 Å². The second-order valence-corrected chi connectivity index (χ2v) is 6.96. The maximum atomic E-state index is 10.1. The third-order valence-electron chi connectivity index (χ3n) is 4.80. The van der Waals surface area contributed by atoms with Crippen LogP contribution in [0.1, 0.15) is 31.0 Å². The van der Waals surface area contributed by atoms with Gasteiger partial charge in [-0.2, -0.15) is 5.10 Å². The van der Waals surface area contributed by atoms with Crippen molar-refractivity contribution in [2.24, 2.45) is 4.99 Å². The van der Waals surface area contributed by atoms with E-state index in [9.17, 15) is 5.11 Å². The molecule has 1 unspecified atom stereocenters. The summed E-state index contributed by atoms with van der Waals surface area (Å²) in [5.74, 6) is 1.37. The van der Waals surface area contributed by atoms with Gasteiger partial charge in [0.15, 0.2) is 17.5 Å². The zero-order chi connectivity index (χ0) is 22.2. The number of nitrogens with zero attached hydrogens (tertiary/aromatic N) is 3. The Kier molecular flexibility index (Phi) is 9.63. The first-order chi connectivity index (χ1) is 15.0. The molecule has 0 spiro atoms. The molecule has 3 aromatic rings. The van der Waals surface area contributed by atoms with Crippen LogP contribution in [0.3, 0.4) is 0 Å². The number of hydrogen-bond donors (Lipinski definition) is 3. The number of ether oxygens (including phenoxy) is 2. The Hall–Kier alpha value is -2.95. The number of aromatic nitrogens is 2. The normalized spacial score (nSPS) is 11.9. The highest BCUT2D eigenvalue weighted by molar-refractivity contribution is 14.0. The smallest absolute Gasteiger partial charge is 0.200 e. The topological polar surface area (TPSA) is 92.9 Å². The van der Waals surface area contributed by atoms with Crippen LogP contribution in [0.25, 0.3) is 5.69 Å². The van der Waals surface area contributed by atoms with Crippen LogP contribution in [0.5, 0.6) is 17.2 Å². The van der Waals surface area contributed by atoms with E-state index >= 15 is 0 Å². The molecule has 1 atom stereocenters. The predicted octanol–water partition coefficient (Wildman–Crippen LogP) is 4.03. The Morgan fingerprint density at radius 2 is 1.88 bits per heavy atom. The molecule has 0 bridgehead atoms. The molecule has 0 saturated carbocycles. The van der Waals surface area contributed by atoms with Crippen molar-refractivity contribution in [2.45, 2.75) is 26.4 Å². The van der Waals surface area contributed by atoms with Crippen LogP contribution in [0.2, 0.25) is 0 Å². The standard InChI is InChI=1S/C23H29N5O3.HI/c1-5-24-23(25-15-17-12-20(30-3)22(29)21(13-17)31-4)27-16(2)18-8-6-9-19(14-18)28-11-7-10-26-28;/h6-14,16,29H,5,15H2,1-4H3,(H2,24,25,27);1H. The van der Waals surface area contributed by atoms with Crippen LogP contribution >= 0.6 is 24.0 Å². The number of nitrogens with one attached hydrogen (secondary N) is 2. The van der Waals surface area contributed by atoms with E-state index in [1.54, 1.807) is 18.3 Å². The molecule has 0 aliphatic rings. The number of phenols is 1. The summed E-state index contributed by atoms with van der Waals surface area (Å²) in [5.41, 5.74) is 2.98. The van der Waals surface area contributed by atoms with Crippen molar-refractivity contribution in [3.8, 4) is 22.9 Å². The summed E-state index contributed by atoms with van der Waals surface area (Å²) < 4.78 is 12.3. The number of aliphatic imine (C=N–C) groups is 1. The minimum Gasteiger partial charge on any atom is -0.502 e. The van der Waals surface area contributed by atoms with E-state index < -0.39 is 0 Å². The largest absolute Gasteiger partial charge is 0.502 e. The molecule has 1 heterocycles. The number of halogens is 1. The molecule has 0 aliphatic heterocycles. The third-order valence-corrected chi connectivity index (χ3v) is 4.80. The highest BCUT2D eigenvalue weighted by atomic mass is 127. The van der Waals surface area contributed by atoms with Crippen molar-refractivity contribution >= 4 is 29.9 Å².